The first-order valence-electron chi connectivity index (χ1n) is 4.21. The maximum atomic E-state index is 13.3. The average Bonchev–Trinajstić information content (AvgIpc) is 2.18. The Hall–Kier alpha value is -1.17. The lowest BCUT2D eigenvalue weighted by Gasteiger charge is -2.08. The Bertz CT molecular complexity index is 550. The summed E-state index contributed by atoms with van der Waals surface area (Å²) in [5.41, 5.74) is -1.40. The van der Waals surface area contributed by atoms with Gasteiger partial charge >= 0.3 is 6.18 Å². The number of aromatic nitrogens is 1. The fourth-order valence-corrected chi connectivity index (χ4v) is 1.85. The van der Waals surface area contributed by atoms with E-state index < -0.39 is 17.7 Å². The largest absolute Gasteiger partial charge is 0.433 e. The van der Waals surface area contributed by atoms with Crippen molar-refractivity contribution in [1.29, 1.82) is 0 Å². The molecule has 2 aromatic rings. The minimum Gasteiger partial charge on any atom is -0.240 e. The van der Waals surface area contributed by atoms with Crippen LogP contribution in [0.4, 0.5) is 17.6 Å². The third-order valence-corrected chi connectivity index (χ3v) is 2.69. The maximum Gasteiger partial charge on any atom is 0.433 e. The summed E-state index contributed by atoms with van der Waals surface area (Å²) in [4.78, 5) is 3.28. The van der Waals surface area contributed by atoms with Crippen molar-refractivity contribution in [3.05, 3.63) is 40.2 Å². The van der Waals surface area contributed by atoms with Crippen molar-refractivity contribution in [2.24, 2.45) is 0 Å². The van der Waals surface area contributed by atoms with Crippen molar-refractivity contribution in [3.8, 4) is 0 Å². The van der Waals surface area contributed by atoms with Crippen LogP contribution in [0.25, 0.3) is 10.9 Å². The molecule has 2 rings (SSSR count). The molecular formula is C10H4BrF4N. The maximum absolute atomic E-state index is 13.3. The first-order valence-corrected chi connectivity index (χ1v) is 5.01. The lowest BCUT2D eigenvalue weighted by atomic mass is 10.2. The van der Waals surface area contributed by atoms with E-state index in [0.29, 0.717) is 5.39 Å². The number of rotatable bonds is 0. The van der Waals surface area contributed by atoms with E-state index in [1.54, 1.807) is 0 Å². The second-order valence-electron chi connectivity index (χ2n) is 3.12. The van der Waals surface area contributed by atoms with E-state index >= 15 is 0 Å². The molecule has 1 aromatic heterocycles. The minimum absolute atomic E-state index is 0.171. The van der Waals surface area contributed by atoms with Crippen molar-refractivity contribution in [2.45, 2.75) is 6.18 Å². The third-order valence-electron chi connectivity index (χ3n) is 2.03. The average molecular weight is 294 g/mol. The zero-order valence-corrected chi connectivity index (χ0v) is 9.23. The molecule has 0 fully saturated rings. The molecule has 1 aromatic carbocycles. The molecule has 6 heteroatoms. The summed E-state index contributed by atoms with van der Waals surface area (Å²) in [6, 6.07) is 4.82. The number of hydrogen-bond donors (Lipinski definition) is 0. The molecule has 0 saturated heterocycles. The number of nitrogens with zero attached hydrogens (tertiary/aromatic N) is 1. The predicted octanol–water partition coefficient (Wildman–Crippen LogP) is 4.16. The molecular weight excluding hydrogens is 290 g/mol. The van der Waals surface area contributed by atoms with Crippen molar-refractivity contribution >= 4 is 26.8 Å². The van der Waals surface area contributed by atoms with Crippen LogP contribution in [0.1, 0.15) is 5.69 Å². The molecule has 0 unspecified atom stereocenters. The molecule has 0 aliphatic carbocycles. The van der Waals surface area contributed by atoms with Crippen LogP contribution >= 0.6 is 15.9 Å². The number of alkyl halides is 3. The summed E-state index contributed by atoms with van der Waals surface area (Å²) in [5.74, 6) is -0.774. The fourth-order valence-electron chi connectivity index (χ4n) is 1.32. The molecule has 0 radical (unpaired) electrons. The van der Waals surface area contributed by atoms with Gasteiger partial charge in [0.05, 0.1) is 0 Å². The number of fused-ring (bicyclic) bond motifs is 1. The van der Waals surface area contributed by atoms with Crippen molar-refractivity contribution in [3.63, 3.8) is 0 Å². The van der Waals surface area contributed by atoms with Crippen LogP contribution in [-0.2, 0) is 6.18 Å². The van der Waals surface area contributed by atoms with E-state index in [-0.39, 0.29) is 9.99 Å². The highest BCUT2D eigenvalue weighted by Gasteiger charge is 2.33. The first kappa shape index (κ1) is 11.3. The number of para-hydroxylation sites is 1. The highest BCUT2D eigenvalue weighted by molar-refractivity contribution is 9.10. The van der Waals surface area contributed by atoms with Gasteiger partial charge in [-0.3, -0.25) is 0 Å². The topological polar surface area (TPSA) is 12.9 Å². The van der Waals surface area contributed by atoms with Gasteiger partial charge in [-0.15, -0.1) is 0 Å². The molecule has 0 bridgehead atoms. The lowest BCUT2D eigenvalue weighted by Crippen LogP contribution is -2.08. The highest BCUT2D eigenvalue weighted by atomic mass is 79.9. The van der Waals surface area contributed by atoms with Crippen LogP contribution in [0.2, 0.25) is 0 Å². The van der Waals surface area contributed by atoms with Crippen LogP contribution in [-0.4, -0.2) is 4.98 Å². The van der Waals surface area contributed by atoms with E-state index in [4.69, 9.17) is 0 Å². The summed E-state index contributed by atoms with van der Waals surface area (Å²) in [5, 5.41) is 0.313. The van der Waals surface area contributed by atoms with Gasteiger partial charge in [-0.25, -0.2) is 9.37 Å². The van der Waals surface area contributed by atoms with Gasteiger partial charge < -0.3 is 0 Å². The molecule has 0 saturated carbocycles. The Kier molecular flexibility index (Phi) is 2.61. The van der Waals surface area contributed by atoms with Crippen molar-refractivity contribution in [1.82, 2.24) is 4.98 Å². The van der Waals surface area contributed by atoms with Gasteiger partial charge in [0.15, 0.2) is 0 Å². The van der Waals surface area contributed by atoms with Crippen LogP contribution in [0.3, 0.4) is 0 Å². The normalized spacial score (nSPS) is 12.1. The first-order chi connectivity index (χ1) is 7.39. The van der Waals surface area contributed by atoms with E-state index in [1.165, 1.54) is 12.1 Å². The summed E-state index contributed by atoms with van der Waals surface area (Å²) < 4.78 is 50.7. The van der Waals surface area contributed by atoms with Gasteiger partial charge in [-0.1, -0.05) is 28.1 Å². The molecule has 16 heavy (non-hydrogen) atoms. The lowest BCUT2D eigenvalue weighted by molar-refractivity contribution is -0.141. The van der Waals surface area contributed by atoms with Gasteiger partial charge in [0.1, 0.15) is 17.0 Å². The minimum atomic E-state index is -4.58. The Morgan fingerprint density at radius 1 is 1.19 bits per heavy atom. The van der Waals surface area contributed by atoms with Crippen molar-refractivity contribution < 1.29 is 17.6 Å². The SMILES string of the molecule is Fc1cccc2c(Br)cc(C(F)(F)F)nc12. The number of hydrogen-bond acceptors (Lipinski definition) is 1. The van der Waals surface area contributed by atoms with E-state index in [9.17, 15) is 17.6 Å². The zero-order chi connectivity index (χ0) is 11.9. The van der Waals surface area contributed by atoms with E-state index in [1.807, 2.05) is 0 Å². The predicted molar refractivity (Wildman–Crippen MR) is 54.4 cm³/mol. The second kappa shape index (κ2) is 3.69. The van der Waals surface area contributed by atoms with Crippen molar-refractivity contribution in [2.75, 3.05) is 0 Å². The van der Waals surface area contributed by atoms with Crippen LogP contribution in [0.5, 0.6) is 0 Å². The van der Waals surface area contributed by atoms with Gasteiger partial charge in [0.25, 0.3) is 0 Å². The van der Waals surface area contributed by atoms with Gasteiger partial charge in [0.2, 0.25) is 0 Å². The van der Waals surface area contributed by atoms with Gasteiger partial charge in [-0.2, -0.15) is 13.2 Å². The van der Waals surface area contributed by atoms with Crippen LogP contribution in [0, 0.1) is 5.82 Å². The van der Waals surface area contributed by atoms with Gasteiger partial charge in [0, 0.05) is 9.86 Å². The smallest absolute Gasteiger partial charge is 0.240 e. The Morgan fingerprint density at radius 2 is 1.88 bits per heavy atom. The quantitative estimate of drug-likeness (QED) is 0.665. The van der Waals surface area contributed by atoms with E-state index in [0.717, 1.165) is 12.1 Å². The zero-order valence-electron chi connectivity index (χ0n) is 7.65. The fraction of sp³-hybridized carbons (Fsp3) is 0.100. The Labute approximate surface area is 96.2 Å². The molecule has 0 aliphatic rings. The third kappa shape index (κ3) is 1.89. The second-order valence-corrected chi connectivity index (χ2v) is 3.98. The molecule has 0 atom stereocenters. The summed E-state index contributed by atoms with van der Waals surface area (Å²) in [7, 11) is 0. The number of pyridine rings is 1. The monoisotopic (exact) mass is 293 g/mol. The van der Waals surface area contributed by atoms with Crippen LogP contribution in [0.15, 0.2) is 28.7 Å². The summed E-state index contributed by atoms with van der Waals surface area (Å²) in [6.45, 7) is 0. The summed E-state index contributed by atoms with van der Waals surface area (Å²) in [6.07, 6.45) is -4.58. The molecule has 84 valence electrons. The molecule has 0 N–H and O–H groups in total. The molecule has 0 spiro atoms. The highest BCUT2D eigenvalue weighted by Crippen LogP contribution is 2.33. The van der Waals surface area contributed by atoms with E-state index in [2.05, 4.69) is 20.9 Å². The molecule has 0 amide bonds. The molecule has 1 nitrogen and oxygen atoms in total. The molecule has 0 aliphatic heterocycles. The Morgan fingerprint density at radius 3 is 2.50 bits per heavy atom. The Balaban J connectivity index is 2.81. The standard InChI is InChI=1S/C10H4BrF4N/c11-6-4-8(10(13,14)15)16-9-5(6)2-1-3-7(9)12/h1-4H. The van der Waals surface area contributed by atoms with Crippen LogP contribution < -0.4 is 0 Å². The number of benzene rings is 1. The summed E-state index contributed by atoms with van der Waals surface area (Å²) >= 11 is 2.97. The van der Waals surface area contributed by atoms with Gasteiger partial charge in [-0.05, 0) is 12.1 Å². The molecule has 1 heterocycles. The number of halogens is 5.